The molecule has 0 aliphatic carbocycles. The fourth-order valence-electron chi connectivity index (χ4n) is 1.63. The normalized spacial score (nSPS) is 12.2. The molecule has 1 amide bonds. The molecule has 0 bridgehead atoms. The predicted molar refractivity (Wildman–Crippen MR) is 72.1 cm³/mol. The second-order valence-electron chi connectivity index (χ2n) is 4.62. The number of carbonyl (C=O) groups is 1. The summed E-state index contributed by atoms with van der Waals surface area (Å²) in [5, 5.41) is 15.7. The minimum Gasteiger partial charge on any atom is -0.396 e. The fraction of sp³-hybridized carbons (Fsp3) is 0.286. The molecule has 2 aromatic rings. The van der Waals surface area contributed by atoms with Crippen molar-refractivity contribution >= 4 is 5.91 Å². The molecular formula is C14H16FN3O2. The maximum atomic E-state index is 13.1. The highest BCUT2D eigenvalue weighted by molar-refractivity contribution is 5.92. The summed E-state index contributed by atoms with van der Waals surface area (Å²) in [5.74, 6) is -0.689. The van der Waals surface area contributed by atoms with Crippen LogP contribution in [0.3, 0.4) is 0 Å². The molecule has 0 aliphatic rings. The number of aliphatic hydroxyl groups is 1. The lowest BCUT2D eigenvalue weighted by atomic mass is 10.2. The van der Waals surface area contributed by atoms with Gasteiger partial charge in [-0.3, -0.25) is 4.79 Å². The fourth-order valence-corrected chi connectivity index (χ4v) is 1.63. The number of nitrogens with one attached hydrogen (secondary N) is 1. The third-order valence-electron chi connectivity index (χ3n) is 2.82. The maximum absolute atomic E-state index is 13.1. The summed E-state index contributed by atoms with van der Waals surface area (Å²) >= 11 is 0. The number of benzene rings is 1. The van der Waals surface area contributed by atoms with Crippen LogP contribution in [0.25, 0.3) is 5.69 Å². The molecule has 0 aliphatic heterocycles. The summed E-state index contributed by atoms with van der Waals surface area (Å²) in [7, 11) is 0. The van der Waals surface area contributed by atoms with E-state index >= 15 is 0 Å². The third-order valence-corrected chi connectivity index (χ3v) is 2.82. The van der Waals surface area contributed by atoms with Gasteiger partial charge in [-0.1, -0.05) is 13.0 Å². The molecule has 1 aromatic heterocycles. The molecular weight excluding hydrogens is 261 g/mol. The van der Waals surface area contributed by atoms with Crippen molar-refractivity contribution in [2.24, 2.45) is 5.92 Å². The van der Waals surface area contributed by atoms with Crippen LogP contribution in [0.4, 0.5) is 4.39 Å². The van der Waals surface area contributed by atoms with E-state index in [1.165, 1.54) is 16.8 Å². The summed E-state index contributed by atoms with van der Waals surface area (Å²) in [4.78, 5) is 11.8. The second-order valence-corrected chi connectivity index (χ2v) is 4.62. The zero-order chi connectivity index (χ0) is 14.5. The van der Waals surface area contributed by atoms with Crippen LogP contribution in [0.1, 0.15) is 17.4 Å². The molecule has 0 radical (unpaired) electrons. The molecule has 1 atom stereocenters. The van der Waals surface area contributed by atoms with E-state index in [1.54, 1.807) is 24.4 Å². The van der Waals surface area contributed by atoms with E-state index in [0.29, 0.717) is 12.2 Å². The van der Waals surface area contributed by atoms with Gasteiger partial charge < -0.3 is 10.4 Å². The van der Waals surface area contributed by atoms with Crippen molar-refractivity contribution in [3.8, 4) is 5.69 Å². The Morgan fingerprint density at radius 2 is 2.30 bits per heavy atom. The highest BCUT2D eigenvalue weighted by atomic mass is 19.1. The molecule has 2 rings (SSSR count). The monoisotopic (exact) mass is 277 g/mol. The van der Waals surface area contributed by atoms with Crippen LogP contribution in [-0.2, 0) is 0 Å². The van der Waals surface area contributed by atoms with Crippen LogP contribution in [0, 0.1) is 11.7 Å². The van der Waals surface area contributed by atoms with E-state index in [0.717, 1.165) is 0 Å². The van der Waals surface area contributed by atoms with Gasteiger partial charge in [0.2, 0.25) is 0 Å². The molecule has 1 heterocycles. The van der Waals surface area contributed by atoms with Crippen LogP contribution < -0.4 is 5.32 Å². The number of aromatic nitrogens is 2. The maximum Gasteiger partial charge on any atom is 0.271 e. The molecule has 0 fully saturated rings. The number of rotatable bonds is 5. The van der Waals surface area contributed by atoms with Gasteiger partial charge in [0.05, 0.1) is 5.69 Å². The minimum absolute atomic E-state index is 0.00995. The number of hydrogen-bond acceptors (Lipinski definition) is 3. The lowest BCUT2D eigenvalue weighted by Gasteiger charge is -2.08. The predicted octanol–water partition coefficient (Wildman–Crippen LogP) is 1.37. The van der Waals surface area contributed by atoms with Crippen molar-refractivity contribution in [1.82, 2.24) is 15.1 Å². The second kappa shape index (κ2) is 6.29. The quantitative estimate of drug-likeness (QED) is 0.867. The summed E-state index contributed by atoms with van der Waals surface area (Å²) in [5.41, 5.74) is 0.798. The molecule has 1 unspecified atom stereocenters. The van der Waals surface area contributed by atoms with Crippen LogP contribution in [-0.4, -0.2) is 33.9 Å². The molecule has 0 saturated carbocycles. The van der Waals surface area contributed by atoms with Crippen molar-refractivity contribution in [2.75, 3.05) is 13.2 Å². The number of aliphatic hydroxyl groups excluding tert-OH is 1. The Morgan fingerprint density at radius 1 is 1.50 bits per heavy atom. The summed E-state index contributed by atoms with van der Waals surface area (Å²) in [6.07, 6.45) is 1.60. The molecule has 0 spiro atoms. The number of nitrogens with zero attached hydrogens (tertiary/aromatic N) is 2. The van der Waals surface area contributed by atoms with Gasteiger partial charge in [0.15, 0.2) is 5.69 Å². The Bertz CT molecular complexity index is 598. The molecule has 5 nitrogen and oxygen atoms in total. The van der Waals surface area contributed by atoms with Crippen molar-refractivity contribution in [3.05, 3.63) is 48.0 Å². The Morgan fingerprint density at radius 3 is 3.00 bits per heavy atom. The van der Waals surface area contributed by atoms with Gasteiger partial charge in [-0.15, -0.1) is 0 Å². The van der Waals surface area contributed by atoms with Gasteiger partial charge in [0.1, 0.15) is 5.82 Å². The van der Waals surface area contributed by atoms with E-state index in [-0.39, 0.29) is 29.9 Å². The molecule has 106 valence electrons. The summed E-state index contributed by atoms with van der Waals surface area (Å²) < 4.78 is 14.6. The van der Waals surface area contributed by atoms with Gasteiger partial charge >= 0.3 is 0 Å². The van der Waals surface area contributed by atoms with E-state index in [2.05, 4.69) is 10.4 Å². The van der Waals surface area contributed by atoms with E-state index in [9.17, 15) is 9.18 Å². The topological polar surface area (TPSA) is 67.2 Å². The van der Waals surface area contributed by atoms with Gasteiger partial charge in [-0.05, 0) is 30.2 Å². The SMILES string of the molecule is CC(CO)CNC(=O)c1ccn(-c2cccc(F)c2)n1. The van der Waals surface area contributed by atoms with E-state index in [4.69, 9.17) is 5.11 Å². The lowest BCUT2D eigenvalue weighted by molar-refractivity contribution is 0.0937. The van der Waals surface area contributed by atoms with Crippen molar-refractivity contribution in [1.29, 1.82) is 0 Å². The standard InChI is InChI=1S/C14H16FN3O2/c1-10(9-19)8-16-14(20)13-5-6-18(17-13)12-4-2-3-11(15)7-12/h2-7,10,19H,8-9H2,1H3,(H,16,20). The first kappa shape index (κ1) is 14.2. The van der Waals surface area contributed by atoms with Gasteiger partial charge in [-0.2, -0.15) is 5.10 Å². The molecule has 1 aromatic carbocycles. The van der Waals surface area contributed by atoms with Gasteiger partial charge in [0.25, 0.3) is 5.91 Å². The number of halogens is 1. The third kappa shape index (κ3) is 3.42. The molecule has 20 heavy (non-hydrogen) atoms. The van der Waals surface area contributed by atoms with Crippen molar-refractivity contribution in [3.63, 3.8) is 0 Å². The number of carbonyl (C=O) groups excluding carboxylic acids is 1. The first-order chi connectivity index (χ1) is 9.60. The Kier molecular flexibility index (Phi) is 4.47. The highest BCUT2D eigenvalue weighted by Crippen LogP contribution is 2.09. The average Bonchev–Trinajstić information content (AvgIpc) is 2.94. The zero-order valence-corrected chi connectivity index (χ0v) is 11.1. The largest absolute Gasteiger partial charge is 0.396 e. The first-order valence-corrected chi connectivity index (χ1v) is 6.31. The summed E-state index contributed by atoms with van der Waals surface area (Å²) in [6.45, 7) is 2.21. The van der Waals surface area contributed by atoms with Crippen molar-refractivity contribution < 1.29 is 14.3 Å². The molecule has 0 saturated heterocycles. The van der Waals surface area contributed by atoms with Gasteiger partial charge in [-0.25, -0.2) is 9.07 Å². The first-order valence-electron chi connectivity index (χ1n) is 6.31. The van der Waals surface area contributed by atoms with Crippen LogP contribution in [0.15, 0.2) is 36.5 Å². The van der Waals surface area contributed by atoms with Crippen LogP contribution in [0.5, 0.6) is 0 Å². The van der Waals surface area contributed by atoms with Crippen molar-refractivity contribution in [2.45, 2.75) is 6.92 Å². The molecule has 2 N–H and O–H groups in total. The summed E-state index contributed by atoms with van der Waals surface area (Å²) in [6, 6.07) is 7.52. The lowest BCUT2D eigenvalue weighted by Crippen LogP contribution is -2.29. The average molecular weight is 277 g/mol. The van der Waals surface area contributed by atoms with Crippen LogP contribution in [0.2, 0.25) is 0 Å². The smallest absolute Gasteiger partial charge is 0.271 e. The van der Waals surface area contributed by atoms with E-state index < -0.39 is 0 Å². The highest BCUT2D eigenvalue weighted by Gasteiger charge is 2.11. The number of amides is 1. The van der Waals surface area contributed by atoms with E-state index in [1.807, 2.05) is 6.92 Å². The number of hydrogen-bond donors (Lipinski definition) is 2. The van der Waals surface area contributed by atoms with Crippen LogP contribution >= 0.6 is 0 Å². The Labute approximate surface area is 116 Å². The minimum atomic E-state index is -0.360. The Balaban J connectivity index is 2.07. The molecule has 6 heteroatoms. The zero-order valence-electron chi connectivity index (χ0n) is 11.1. The van der Waals surface area contributed by atoms with Gasteiger partial charge in [0, 0.05) is 19.3 Å². The Hall–Kier alpha value is -2.21.